The molecule has 2 heterocycles. The van der Waals surface area contributed by atoms with Gasteiger partial charge in [0.25, 0.3) is 5.88 Å². The van der Waals surface area contributed by atoms with E-state index in [2.05, 4.69) is 19.9 Å². The number of piperidine rings is 1. The molecule has 32 heavy (non-hydrogen) atoms. The number of anilines is 2. The maximum Gasteiger partial charge on any atom is 0.499 e. The number of hydrogen-bond acceptors (Lipinski definition) is 4. The topological polar surface area (TPSA) is 57.3 Å². The lowest BCUT2D eigenvalue weighted by atomic mass is 10.0. The van der Waals surface area contributed by atoms with Gasteiger partial charge in [0.1, 0.15) is 5.75 Å². The number of fused-ring (bicyclic) bond motifs is 1. The molecule has 1 aliphatic heterocycles. The largest absolute Gasteiger partial charge is 0.499 e. The third kappa shape index (κ3) is 4.63. The van der Waals surface area contributed by atoms with Crippen LogP contribution in [0.4, 0.5) is 33.3 Å². The van der Waals surface area contributed by atoms with Crippen LogP contribution in [0.1, 0.15) is 12.8 Å². The standard InChI is InChI=1S/C22H19F5N3O2/c23-21(24,25)22(26,27)32-17-7-5-15(6-8-17)28-16-10-12-30(13-11-16)18-3-1-2-14-4-9-19(31)29-20(14)18/h1-9,16,28H,10-13H2. The van der Waals surface area contributed by atoms with Crippen molar-refractivity contribution in [2.75, 3.05) is 23.3 Å². The average molecular weight is 452 g/mol. The maximum atomic E-state index is 13.0. The van der Waals surface area contributed by atoms with Gasteiger partial charge in [-0.05, 0) is 49.2 Å². The number of nitrogens with one attached hydrogen (secondary N) is 1. The van der Waals surface area contributed by atoms with Gasteiger partial charge in [-0.15, -0.1) is 0 Å². The first kappa shape index (κ1) is 21.9. The molecule has 5 nitrogen and oxygen atoms in total. The first-order valence-corrected chi connectivity index (χ1v) is 9.94. The van der Waals surface area contributed by atoms with Crippen LogP contribution in [-0.4, -0.2) is 36.4 Å². The Labute approximate surface area is 180 Å². The van der Waals surface area contributed by atoms with E-state index in [1.165, 1.54) is 18.2 Å². The van der Waals surface area contributed by atoms with E-state index in [4.69, 9.17) is 0 Å². The first-order valence-electron chi connectivity index (χ1n) is 9.94. The van der Waals surface area contributed by atoms with Gasteiger partial charge in [-0.1, -0.05) is 12.1 Å². The summed E-state index contributed by atoms with van der Waals surface area (Å²) < 4.78 is 66.6. The fourth-order valence-electron chi connectivity index (χ4n) is 3.69. The smallest absolute Gasteiger partial charge is 0.426 e. The molecule has 1 fully saturated rings. The Morgan fingerprint density at radius 1 is 0.938 bits per heavy atom. The van der Waals surface area contributed by atoms with Gasteiger partial charge >= 0.3 is 12.3 Å². The highest BCUT2D eigenvalue weighted by Gasteiger charge is 2.61. The molecule has 4 rings (SSSR count). The van der Waals surface area contributed by atoms with E-state index >= 15 is 0 Å². The van der Waals surface area contributed by atoms with Crippen LogP contribution in [0.2, 0.25) is 0 Å². The summed E-state index contributed by atoms with van der Waals surface area (Å²) in [4.78, 5) is 6.29. The summed E-state index contributed by atoms with van der Waals surface area (Å²) in [6, 6.07) is 14.0. The lowest BCUT2D eigenvalue weighted by Gasteiger charge is -2.34. The molecule has 2 aromatic carbocycles. The summed E-state index contributed by atoms with van der Waals surface area (Å²) in [5, 5.41) is 15.8. The van der Waals surface area contributed by atoms with E-state index in [9.17, 15) is 27.1 Å². The summed E-state index contributed by atoms with van der Waals surface area (Å²) in [5.41, 5.74) is 2.15. The van der Waals surface area contributed by atoms with Gasteiger partial charge in [0, 0.05) is 36.3 Å². The predicted molar refractivity (Wildman–Crippen MR) is 109 cm³/mol. The minimum absolute atomic E-state index is 0.0904. The van der Waals surface area contributed by atoms with Crippen LogP contribution in [0.15, 0.2) is 54.6 Å². The lowest BCUT2D eigenvalue weighted by Crippen LogP contribution is -2.41. The number of pyridine rings is 1. The van der Waals surface area contributed by atoms with Gasteiger partial charge in [-0.2, -0.15) is 22.0 Å². The molecule has 1 aliphatic rings. The van der Waals surface area contributed by atoms with Crippen LogP contribution in [0, 0.1) is 0 Å². The zero-order chi connectivity index (χ0) is 22.9. The van der Waals surface area contributed by atoms with E-state index in [1.54, 1.807) is 6.07 Å². The van der Waals surface area contributed by atoms with E-state index in [0.717, 1.165) is 36.0 Å². The van der Waals surface area contributed by atoms with Crippen LogP contribution in [0.3, 0.4) is 0 Å². The van der Waals surface area contributed by atoms with Crippen molar-refractivity contribution >= 4 is 22.3 Å². The fraction of sp³-hybridized carbons (Fsp3) is 0.318. The molecule has 0 atom stereocenters. The number of hydrogen-bond donors (Lipinski definition) is 1. The quantitative estimate of drug-likeness (QED) is 0.483. The lowest BCUT2D eigenvalue weighted by molar-refractivity contribution is -0.360. The number of para-hydroxylation sites is 1. The van der Waals surface area contributed by atoms with Crippen molar-refractivity contribution in [3.63, 3.8) is 0 Å². The Balaban J connectivity index is 1.36. The summed E-state index contributed by atoms with van der Waals surface area (Å²) in [6.45, 7) is 1.42. The average Bonchev–Trinajstić information content (AvgIpc) is 2.74. The number of alkyl halides is 5. The van der Waals surface area contributed by atoms with Crippen LogP contribution in [0.5, 0.6) is 11.6 Å². The van der Waals surface area contributed by atoms with Gasteiger partial charge < -0.3 is 15.0 Å². The van der Waals surface area contributed by atoms with Crippen molar-refractivity contribution < 1.29 is 31.8 Å². The van der Waals surface area contributed by atoms with E-state index < -0.39 is 18.0 Å². The second-order valence-corrected chi connectivity index (χ2v) is 7.54. The van der Waals surface area contributed by atoms with Crippen molar-refractivity contribution in [3.05, 3.63) is 54.6 Å². The normalized spacial score (nSPS) is 15.7. The summed E-state index contributed by atoms with van der Waals surface area (Å²) in [7, 11) is 0. The third-order valence-corrected chi connectivity index (χ3v) is 5.31. The predicted octanol–water partition coefficient (Wildman–Crippen LogP) is 5.99. The maximum absolute atomic E-state index is 13.0. The molecule has 10 heteroatoms. The first-order chi connectivity index (χ1) is 15.1. The molecular weight excluding hydrogens is 433 g/mol. The van der Waals surface area contributed by atoms with Crippen molar-refractivity contribution in [2.45, 2.75) is 31.2 Å². The van der Waals surface area contributed by atoms with Crippen molar-refractivity contribution in [2.24, 2.45) is 0 Å². The van der Waals surface area contributed by atoms with Crippen LogP contribution in [-0.2, 0) is 5.11 Å². The molecule has 0 saturated carbocycles. The second kappa shape index (κ2) is 8.33. The SMILES string of the molecule is [O]c1ccc2cccc(N3CCC(Nc4ccc(OC(F)(F)C(F)(F)F)cc4)CC3)c2n1. The van der Waals surface area contributed by atoms with Crippen molar-refractivity contribution in [3.8, 4) is 11.6 Å². The highest BCUT2D eigenvalue weighted by Crippen LogP contribution is 2.37. The molecule has 1 saturated heterocycles. The van der Waals surface area contributed by atoms with E-state index in [1.807, 2.05) is 18.2 Å². The minimum Gasteiger partial charge on any atom is -0.426 e. The number of rotatable bonds is 5. The van der Waals surface area contributed by atoms with E-state index in [-0.39, 0.29) is 11.9 Å². The molecule has 0 amide bonds. The molecule has 1 radical (unpaired) electrons. The Morgan fingerprint density at radius 3 is 2.28 bits per heavy atom. The molecular formula is C22H19F5N3O2. The summed E-state index contributed by atoms with van der Waals surface area (Å²) in [5.74, 6) is -0.865. The van der Waals surface area contributed by atoms with Gasteiger partial charge in [-0.25, -0.2) is 4.98 Å². The molecule has 3 aromatic rings. The zero-order valence-corrected chi connectivity index (χ0v) is 16.7. The monoisotopic (exact) mass is 452 g/mol. The van der Waals surface area contributed by atoms with Crippen molar-refractivity contribution in [1.82, 2.24) is 4.98 Å². The fourth-order valence-corrected chi connectivity index (χ4v) is 3.69. The summed E-state index contributed by atoms with van der Waals surface area (Å²) in [6.07, 6.45) is -9.51. The minimum atomic E-state index is -5.78. The third-order valence-electron chi connectivity index (χ3n) is 5.31. The Kier molecular flexibility index (Phi) is 5.70. The summed E-state index contributed by atoms with van der Waals surface area (Å²) >= 11 is 0. The van der Waals surface area contributed by atoms with Gasteiger partial charge in [0.2, 0.25) is 0 Å². The number of halogens is 5. The van der Waals surface area contributed by atoms with Gasteiger partial charge in [0.05, 0.1) is 11.2 Å². The number of aromatic nitrogens is 1. The Hall–Kier alpha value is -3.30. The zero-order valence-electron chi connectivity index (χ0n) is 16.7. The highest BCUT2D eigenvalue weighted by atomic mass is 19.4. The number of ether oxygens (including phenoxy) is 1. The van der Waals surface area contributed by atoms with Crippen molar-refractivity contribution in [1.29, 1.82) is 0 Å². The molecule has 1 N–H and O–H groups in total. The van der Waals surface area contributed by atoms with Crippen LogP contribution in [0.25, 0.3) is 10.9 Å². The van der Waals surface area contributed by atoms with E-state index in [0.29, 0.717) is 24.3 Å². The molecule has 0 bridgehead atoms. The van der Waals surface area contributed by atoms with Crippen LogP contribution >= 0.6 is 0 Å². The van der Waals surface area contributed by atoms with Crippen LogP contribution < -0.4 is 15.0 Å². The Bertz CT molecular complexity index is 1080. The van der Waals surface area contributed by atoms with Gasteiger partial charge in [-0.3, -0.25) is 5.11 Å². The number of benzene rings is 2. The van der Waals surface area contributed by atoms with Gasteiger partial charge in [0.15, 0.2) is 0 Å². The molecule has 0 unspecified atom stereocenters. The molecule has 169 valence electrons. The molecule has 0 aliphatic carbocycles. The molecule has 0 spiro atoms. The second-order valence-electron chi connectivity index (χ2n) is 7.54. The number of nitrogens with zero attached hydrogens (tertiary/aromatic N) is 2. The highest BCUT2D eigenvalue weighted by molar-refractivity contribution is 5.91. The Morgan fingerprint density at radius 2 is 1.62 bits per heavy atom. The molecule has 1 aromatic heterocycles.